The van der Waals surface area contributed by atoms with Crippen LogP contribution in [0.3, 0.4) is 0 Å². The largest absolute Gasteiger partial charge is 0.480 e. The second kappa shape index (κ2) is 9.56. The predicted octanol–water partition coefficient (Wildman–Crippen LogP) is -0.461. The Balaban J connectivity index is 4.06. The molecule has 9 heteroatoms. The molecule has 0 amide bonds. The number of rotatable bonds is 9. The first-order valence-electron chi connectivity index (χ1n) is 5.70. The summed E-state index contributed by atoms with van der Waals surface area (Å²) in [4.78, 5) is 25.4. The van der Waals surface area contributed by atoms with E-state index in [4.69, 9.17) is 15.9 Å². The SMILES string of the molecule is CC(NC(CCCNC(N)=NCBr)C(=O)O)C(=O)O. The Bertz CT molecular complexity index is 337. The zero-order chi connectivity index (χ0) is 14.8. The Labute approximate surface area is 119 Å². The van der Waals surface area contributed by atoms with Crippen LogP contribution in [0.25, 0.3) is 0 Å². The highest BCUT2D eigenvalue weighted by molar-refractivity contribution is 9.09. The summed E-state index contributed by atoms with van der Waals surface area (Å²) in [7, 11) is 0. The maximum Gasteiger partial charge on any atom is 0.320 e. The fraction of sp³-hybridized carbons (Fsp3) is 0.700. The minimum Gasteiger partial charge on any atom is -0.480 e. The van der Waals surface area contributed by atoms with Crippen molar-refractivity contribution < 1.29 is 19.8 Å². The Morgan fingerprint density at radius 1 is 1.37 bits per heavy atom. The minimum absolute atomic E-state index is 0.274. The highest BCUT2D eigenvalue weighted by atomic mass is 79.9. The van der Waals surface area contributed by atoms with Gasteiger partial charge in [0.05, 0.1) is 5.45 Å². The lowest BCUT2D eigenvalue weighted by atomic mass is 10.1. The van der Waals surface area contributed by atoms with Crippen LogP contribution < -0.4 is 16.4 Å². The van der Waals surface area contributed by atoms with Crippen molar-refractivity contribution in [1.82, 2.24) is 10.6 Å². The molecule has 0 aromatic rings. The molecule has 2 atom stereocenters. The smallest absolute Gasteiger partial charge is 0.320 e. The Hall–Kier alpha value is -1.35. The summed E-state index contributed by atoms with van der Waals surface area (Å²) in [5, 5.41) is 23.0. The van der Waals surface area contributed by atoms with Gasteiger partial charge in [-0.2, -0.15) is 0 Å². The Kier molecular flexibility index (Phi) is 8.88. The van der Waals surface area contributed by atoms with Crippen molar-refractivity contribution in [3.05, 3.63) is 0 Å². The van der Waals surface area contributed by atoms with Gasteiger partial charge in [0, 0.05) is 6.54 Å². The lowest BCUT2D eigenvalue weighted by molar-refractivity contribution is -0.142. The average Bonchev–Trinajstić information content (AvgIpc) is 2.32. The van der Waals surface area contributed by atoms with Crippen LogP contribution in [0.1, 0.15) is 19.8 Å². The summed E-state index contributed by atoms with van der Waals surface area (Å²) in [6.45, 7) is 1.87. The van der Waals surface area contributed by atoms with E-state index in [-0.39, 0.29) is 5.96 Å². The van der Waals surface area contributed by atoms with Gasteiger partial charge in [0.15, 0.2) is 5.96 Å². The number of nitrogens with zero attached hydrogens (tertiary/aromatic N) is 1. The van der Waals surface area contributed by atoms with E-state index in [0.717, 1.165) is 0 Å². The van der Waals surface area contributed by atoms with Crippen LogP contribution in [0.4, 0.5) is 0 Å². The third kappa shape index (κ3) is 8.38. The predicted molar refractivity (Wildman–Crippen MR) is 74.3 cm³/mol. The van der Waals surface area contributed by atoms with Crippen LogP contribution in [0, 0.1) is 0 Å². The van der Waals surface area contributed by atoms with Gasteiger partial charge in [0.1, 0.15) is 12.1 Å². The van der Waals surface area contributed by atoms with Gasteiger partial charge < -0.3 is 21.3 Å². The van der Waals surface area contributed by atoms with Crippen LogP contribution in [0.15, 0.2) is 4.99 Å². The fourth-order valence-corrected chi connectivity index (χ4v) is 1.56. The highest BCUT2D eigenvalue weighted by Crippen LogP contribution is 1.99. The number of carboxylic acid groups (broad SMARTS) is 2. The van der Waals surface area contributed by atoms with Crippen LogP contribution in [0.2, 0.25) is 0 Å². The van der Waals surface area contributed by atoms with Crippen molar-refractivity contribution in [3.8, 4) is 0 Å². The first-order chi connectivity index (χ1) is 8.88. The van der Waals surface area contributed by atoms with Crippen molar-refractivity contribution in [3.63, 3.8) is 0 Å². The normalized spacial score (nSPS) is 14.7. The van der Waals surface area contributed by atoms with Crippen molar-refractivity contribution in [2.45, 2.75) is 31.8 Å². The molecule has 0 fully saturated rings. The van der Waals surface area contributed by atoms with Crippen LogP contribution in [-0.4, -0.2) is 52.2 Å². The molecular weight excluding hydrogens is 320 g/mol. The number of aliphatic imine (C=N–C) groups is 1. The first-order valence-corrected chi connectivity index (χ1v) is 6.82. The van der Waals surface area contributed by atoms with Gasteiger partial charge in [-0.1, -0.05) is 15.9 Å². The molecule has 0 aliphatic rings. The van der Waals surface area contributed by atoms with Gasteiger partial charge >= 0.3 is 11.9 Å². The average molecular weight is 339 g/mol. The van der Waals surface area contributed by atoms with E-state index in [1.54, 1.807) is 0 Å². The Morgan fingerprint density at radius 3 is 2.47 bits per heavy atom. The summed E-state index contributed by atoms with van der Waals surface area (Å²) in [5.41, 5.74) is 5.87. The van der Waals surface area contributed by atoms with Crippen molar-refractivity contribution in [1.29, 1.82) is 0 Å². The third-order valence-corrected chi connectivity index (χ3v) is 2.58. The first kappa shape index (κ1) is 17.6. The van der Waals surface area contributed by atoms with Crippen molar-refractivity contribution >= 4 is 33.8 Å². The molecule has 0 bridgehead atoms. The number of halogens is 1. The minimum atomic E-state index is -1.09. The number of hydrogen-bond acceptors (Lipinski definition) is 4. The second-order valence-corrected chi connectivity index (χ2v) is 4.35. The lowest BCUT2D eigenvalue weighted by Crippen LogP contribution is -2.46. The van der Waals surface area contributed by atoms with Gasteiger partial charge in [-0.15, -0.1) is 0 Å². The summed E-state index contributed by atoms with van der Waals surface area (Å²) >= 11 is 3.09. The number of aliphatic carboxylic acids is 2. The molecule has 2 unspecified atom stereocenters. The van der Waals surface area contributed by atoms with Crippen LogP contribution >= 0.6 is 15.9 Å². The molecule has 0 aliphatic heterocycles. The van der Waals surface area contributed by atoms with Crippen LogP contribution in [-0.2, 0) is 9.59 Å². The highest BCUT2D eigenvalue weighted by Gasteiger charge is 2.22. The van der Waals surface area contributed by atoms with E-state index in [9.17, 15) is 9.59 Å². The Morgan fingerprint density at radius 2 is 2.00 bits per heavy atom. The van der Waals surface area contributed by atoms with E-state index in [2.05, 4.69) is 31.6 Å². The van der Waals surface area contributed by atoms with Gasteiger partial charge in [0.2, 0.25) is 0 Å². The van der Waals surface area contributed by atoms with Gasteiger partial charge in [0.25, 0.3) is 0 Å². The molecule has 8 nitrogen and oxygen atoms in total. The number of carbonyl (C=O) groups is 2. The molecule has 110 valence electrons. The molecule has 0 saturated heterocycles. The molecular formula is C10H19BrN4O4. The van der Waals surface area contributed by atoms with Crippen LogP contribution in [0.5, 0.6) is 0 Å². The van der Waals surface area contributed by atoms with E-state index < -0.39 is 24.0 Å². The molecule has 0 aromatic heterocycles. The molecule has 0 spiro atoms. The number of nitrogens with one attached hydrogen (secondary N) is 2. The second-order valence-electron chi connectivity index (χ2n) is 3.85. The number of alkyl halides is 1. The van der Waals surface area contributed by atoms with E-state index in [0.29, 0.717) is 24.8 Å². The number of hydrogen-bond donors (Lipinski definition) is 5. The molecule has 0 heterocycles. The van der Waals surface area contributed by atoms with Crippen molar-refractivity contribution in [2.24, 2.45) is 10.7 Å². The van der Waals surface area contributed by atoms with Gasteiger partial charge in [-0.3, -0.25) is 14.9 Å². The fourth-order valence-electron chi connectivity index (χ4n) is 1.29. The van der Waals surface area contributed by atoms with Gasteiger partial charge in [-0.05, 0) is 19.8 Å². The number of carboxylic acids is 2. The quantitative estimate of drug-likeness (QED) is 0.126. The van der Waals surface area contributed by atoms with E-state index in [1.165, 1.54) is 6.92 Å². The monoisotopic (exact) mass is 338 g/mol. The summed E-state index contributed by atoms with van der Waals surface area (Å²) in [5.74, 6) is -1.89. The molecule has 0 aromatic carbocycles. The molecule has 19 heavy (non-hydrogen) atoms. The molecule has 0 radical (unpaired) electrons. The zero-order valence-electron chi connectivity index (χ0n) is 10.6. The van der Waals surface area contributed by atoms with E-state index >= 15 is 0 Å². The van der Waals surface area contributed by atoms with E-state index in [1.807, 2.05) is 0 Å². The lowest BCUT2D eigenvalue weighted by Gasteiger charge is -2.17. The molecule has 6 N–H and O–H groups in total. The van der Waals surface area contributed by atoms with Gasteiger partial charge in [-0.25, -0.2) is 4.99 Å². The third-order valence-electron chi connectivity index (χ3n) is 2.33. The maximum atomic E-state index is 11.0. The number of guanidine groups is 1. The molecule has 0 rings (SSSR count). The zero-order valence-corrected chi connectivity index (χ0v) is 12.2. The summed E-state index contributed by atoms with van der Waals surface area (Å²) in [6, 6.07) is -1.81. The topological polar surface area (TPSA) is 137 Å². The summed E-state index contributed by atoms with van der Waals surface area (Å²) in [6.07, 6.45) is 0.816. The molecule has 0 saturated carbocycles. The summed E-state index contributed by atoms with van der Waals surface area (Å²) < 4.78 is 0. The number of nitrogens with two attached hydrogens (primary N) is 1. The van der Waals surface area contributed by atoms with Crippen molar-refractivity contribution in [2.75, 3.05) is 12.0 Å². The standard InChI is InChI=1S/C10H19BrN4O4/c1-6(8(16)17)15-7(9(18)19)3-2-4-13-10(12)14-5-11/h6-7,15H,2-5H2,1H3,(H,16,17)(H,18,19)(H3,12,13,14). The molecule has 0 aliphatic carbocycles. The maximum absolute atomic E-state index is 11.0.